The molecule has 2 atom stereocenters. The van der Waals surface area contributed by atoms with Crippen LogP contribution in [0.5, 0.6) is 0 Å². The topological polar surface area (TPSA) is 20.3 Å². The molecule has 2 heterocycles. The number of nitrogens with zero attached hydrogens (tertiary/aromatic N) is 1. The predicted molar refractivity (Wildman–Crippen MR) is 64.7 cm³/mol. The van der Waals surface area contributed by atoms with E-state index in [0.29, 0.717) is 6.04 Å². The SMILES string of the molecule is O=CC1Cc2ccccc2N2CCCCC12. The fourth-order valence-corrected chi connectivity index (χ4v) is 3.19. The number of hydrogen-bond acceptors (Lipinski definition) is 2. The first kappa shape index (κ1) is 9.88. The lowest BCUT2D eigenvalue weighted by Gasteiger charge is -2.45. The van der Waals surface area contributed by atoms with Crippen LogP contribution in [0.3, 0.4) is 0 Å². The number of fused-ring (bicyclic) bond motifs is 3. The minimum absolute atomic E-state index is 0.204. The Morgan fingerprint density at radius 2 is 2.12 bits per heavy atom. The Kier molecular flexibility index (Phi) is 2.43. The van der Waals surface area contributed by atoms with E-state index in [1.165, 1.54) is 36.8 Å². The zero-order valence-electron chi connectivity index (χ0n) is 9.43. The third-order valence-corrected chi connectivity index (χ3v) is 3.97. The van der Waals surface area contributed by atoms with E-state index in [1.54, 1.807) is 0 Å². The smallest absolute Gasteiger partial charge is 0.125 e. The summed E-state index contributed by atoms with van der Waals surface area (Å²) in [5.74, 6) is 0.204. The van der Waals surface area contributed by atoms with Gasteiger partial charge in [0.25, 0.3) is 0 Å². The molecule has 0 bridgehead atoms. The maximum Gasteiger partial charge on any atom is 0.125 e. The molecule has 0 saturated carbocycles. The molecule has 0 amide bonds. The van der Waals surface area contributed by atoms with Crippen molar-refractivity contribution in [2.75, 3.05) is 11.4 Å². The molecule has 1 aromatic rings. The molecule has 0 aliphatic carbocycles. The van der Waals surface area contributed by atoms with Crippen molar-refractivity contribution in [3.8, 4) is 0 Å². The summed E-state index contributed by atoms with van der Waals surface area (Å²) in [6.45, 7) is 1.12. The Hall–Kier alpha value is -1.31. The fourth-order valence-electron chi connectivity index (χ4n) is 3.19. The van der Waals surface area contributed by atoms with Gasteiger partial charge in [-0.15, -0.1) is 0 Å². The Morgan fingerprint density at radius 1 is 1.25 bits per heavy atom. The average molecular weight is 215 g/mol. The molecule has 2 unspecified atom stereocenters. The summed E-state index contributed by atoms with van der Waals surface area (Å²) in [5, 5.41) is 0. The molecule has 0 aromatic heterocycles. The summed E-state index contributed by atoms with van der Waals surface area (Å²) in [4.78, 5) is 13.7. The van der Waals surface area contributed by atoms with Gasteiger partial charge in [-0.25, -0.2) is 0 Å². The summed E-state index contributed by atoms with van der Waals surface area (Å²) in [5.41, 5.74) is 2.71. The van der Waals surface area contributed by atoms with Crippen LogP contribution in [-0.2, 0) is 11.2 Å². The minimum atomic E-state index is 0.204. The van der Waals surface area contributed by atoms with Crippen LogP contribution >= 0.6 is 0 Å². The largest absolute Gasteiger partial charge is 0.368 e. The zero-order valence-corrected chi connectivity index (χ0v) is 9.43. The van der Waals surface area contributed by atoms with Gasteiger partial charge in [0, 0.05) is 24.2 Å². The summed E-state index contributed by atoms with van der Waals surface area (Å²) in [6.07, 6.45) is 5.81. The van der Waals surface area contributed by atoms with Gasteiger partial charge in [0.2, 0.25) is 0 Å². The number of aldehydes is 1. The van der Waals surface area contributed by atoms with Crippen LogP contribution in [0.25, 0.3) is 0 Å². The van der Waals surface area contributed by atoms with E-state index in [1.807, 2.05) is 0 Å². The van der Waals surface area contributed by atoms with E-state index < -0.39 is 0 Å². The van der Waals surface area contributed by atoms with Crippen molar-refractivity contribution >= 4 is 12.0 Å². The zero-order chi connectivity index (χ0) is 11.0. The van der Waals surface area contributed by atoms with Gasteiger partial charge < -0.3 is 9.69 Å². The van der Waals surface area contributed by atoms with Crippen LogP contribution in [0.4, 0.5) is 5.69 Å². The normalized spacial score (nSPS) is 28.1. The second-order valence-corrected chi connectivity index (χ2v) is 4.89. The van der Waals surface area contributed by atoms with Gasteiger partial charge in [-0.3, -0.25) is 0 Å². The van der Waals surface area contributed by atoms with Crippen molar-refractivity contribution in [2.45, 2.75) is 31.7 Å². The number of carbonyl (C=O) groups excluding carboxylic acids is 1. The van der Waals surface area contributed by atoms with Crippen LogP contribution in [0.2, 0.25) is 0 Å². The Bertz CT molecular complexity index is 401. The molecule has 2 aliphatic heterocycles. The number of hydrogen-bond donors (Lipinski definition) is 0. The van der Waals surface area contributed by atoms with Crippen molar-refractivity contribution in [1.82, 2.24) is 0 Å². The van der Waals surface area contributed by atoms with Crippen LogP contribution < -0.4 is 4.90 Å². The molecule has 1 aromatic carbocycles. The van der Waals surface area contributed by atoms with Crippen molar-refractivity contribution in [3.63, 3.8) is 0 Å². The highest BCUT2D eigenvalue weighted by atomic mass is 16.1. The molecule has 2 nitrogen and oxygen atoms in total. The average Bonchev–Trinajstić information content (AvgIpc) is 2.38. The third kappa shape index (κ3) is 1.44. The van der Waals surface area contributed by atoms with Crippen molar-refractivity contribution in [2.24, 2.45) is 5.92 Å². The van der Waals surface area contributed by atoms with E-state index in [4.69, 9.17) is 0 Å². The lowest BCUT2D eigenvalue weighted by Crippen LogP contribution is -2.48. The quantitative estimate of drug-likeness (QED) is 0.670. The molecule has 0 spiro atoms. The monoisotopic (exact) mass is 215 g/mol. The van der Waals surface area contributed by atoms with Crippen LogP contribution in [0.15, 0.2) is 24.3 Å². The molecular formula is C14H17NO. The van der Waals surface area contributed by atoms with E-state index in [2.05, 4.69) is 29.2 Å². The number of piperidine rings is 1. The van der Waals surface area contributed by atoms with Gasteiger partial charge in [-0.05, 0) is 37.3 Å². The molecule has 1 saturated heterocycles. The first-order chi connectivity index (χ1) is 7.90. The summed E-state index contributed by atoms with van der Waals surface area (Å²) in [7, 11) is 0. The molecule has 2 aliphatic rings. The highest BCUT2D eigenvalue weighted by Gasteiger charge is 2.35. The van der Waals surface area contributed by atoms with E-state index >= 15 is 0 Å². The molecule has 16 heavy (non-hydrogen) atoms. The highest BCUT2D eigenvalue weighted by Crippen LogP contribution is 2.37. The maximum atomic E-state index is 11.2. The summed E-state index contributed by atoms with van der Waals surface area (Å²) >= 11 is 0. The standard InChI is InChI=1S/C14H17NO/c16-10-12-9-11-5-1-2-6-13(11)15-8-4-3-7-14(12)15/h1-2,5-6,10,12,14H,3-4,7-9H2. The summed E-state index contributed by atoms with van der Waals surface area (Å²) in [6, 6.07) is 9.00. The minimum Gasteiger partial charge on any atom is -0.368 e. The molecule has 0 radical (unpaired) electrons. The second-order valence-electron chi connectivity index (χ2n) is 4.89. The van der Waals surface area contributed by atoms with Crippen molar-refractivity contribution < 1.29 is 4.79 Å². The lowest BCUT2D eigenvalue weighted by atomic mass is 9.82. The molecular weight excluding hydrogens is 198 g/mol. The number of para-hydroxylation sites is 1. The number of rotatable bonds is 1. The van der Waals surface area contributed by atoms with Crippen molar-refractivity contribution in [1.29, 1.82) is 0 Å². The molecule has 3 rings (SSSR count). The highest BCUT2D eigenvalue weighted by molar-refractivity contribution is 5.65. The van der Waals surface area contributed by atoms with Gasteiger partial charge >= 0.3 is 0 Å². The molecule has 84 valence electrons. The Balaban J connectivity index is 2.03. The number of anilines is 1. The van der Waals surface area contributed by atoms with Gasteiger partial charge in [0.15, 0.2) is 0 Å². The van der Waals surface area contributed by atoms with Crippen LogP contribution in [0.1, 0.15) is 24.8 Å². The molecule has 1 fully saturated rings. The maximum absolute atomic E-state index is 11.2. The van der Waals surface area contributed by atoms with E-state index in [0.717, 1.165) is 13.0 Å². The van der Waals surface area contributed by atoms with E-state index in [9.17, 15) is 4.79 Å². The van der Waals surface area contributed by atoms with Gasteiger partial charge in [-0.2, -0.15) is 0 Å². The van der Waals surface area contributed by atoms with Gasteiger partial charge in [0.05, 0.1) is 0 Å². The Morgan fingerprint density at radius 3 is 3.00 bits per heavy atom. The predicted octanol–water partition coefficient (Wildman–Crippen LogP) is 2.42. The van der Waals surface area contributed by atoms with E-state index in [-0.39, 0.29) is 5.92 Å². The first-order valence-electron chi connectivity index (χ1n) is 6.20. The first-order valence-corrected chi connectivity index (χ1v) is 6.20. The molecule has 2 heteroatoms. The van der Waals surface area contributed by atoms with Crippen molar-refractivity contribution in [3.05, 3.63) is 29.8 Å². The second kappa shape index (κ2) is 3.93. The van der Waals surface area contributed by atoms with Crippen LogP contribution in [-0.4, -0.2) is 18.9 Å². The summed E-state index contributed by atoms with van der Waals surface area (Å²) < 4.78 is 0. The lowest BCUT2D eigenvalue weighted by molar-refractivity contribution is -0.111. The van der Waals surface area contributed by atoms with Gasteiger partial charge in [-0.1, -0.05) is 18.2 Å². The number of benzene rings is 1. The molecule has 0 N–H and O–H groups in total. The van der Waals surface area contributed by atoms with Crippen LogP contribution in [0, 0.1) is 5.92 Å². The fraction of sp³-hybridized carbons (Fsp3) is 0.500. The third-order valence-electron chi connectivity index (χ3n) is 3.97. The Labute approximate surface area is 96.3 Å². The van der Waals surface area contributed by atoms with Gasteiger partial charge in [0.1, 0.15) is 6.29 Å². The number of carbonyl (C=O) groups is 1.